The van der Waals surface area contributed by atoms with E-state index in [9.17, 15) is 17.6 Å². The van der Waals surface area contributed by atoms with Crippen molar-refractivity contribution in [3.05, 3.63) is 47.9 Å². The smallest absolute Gasteiger partial charge is 0.229 e. The van der Waals surface area contributed by atoms with Gasteiger partial charge in [-0.1, -0.05) is 12.2 Å². The molecule has 214 valence electrons. The molecule has 1 aromatic heterocycles. The van der Waals surface area contributed by atoms with E-state index in [2.05, 4.69) is 25.5 Å². The molecular formula is C25H34Cl2FN7O3S. The second-order valence-corrected chi connectivity index (χ2v) is 12.1. The Morgan fingerprint density at radius 2 is 1.85 bits per heavy atom. The molecule has 14 heteroatoms. The van der Waals surface area contributed by atoms with Crippen LogP contribution in [0.3, 0.4) is 0 Å². The maximum Gasteiger partial charge on any atom is 0.229 e. The predicted molar refractivity (Wildman–Crippen MR) is 155 cm³/mol. The van der Waals surface area contributed by atoms with Crippen LogP contribution in [0.2, 0.25) is 0 Å². The van der Waals surface area contributed by atoms with E-state index in [1.165, 1.54) is 0 Å². The summed E-state index contributed by atoms with van der Waals surface area (Å²) in [5, 5.41) is 6.24. The minimum absolute atomic E-state index is 0. The number of benzene rings is 1. The van der Waals surface area contributed by atoms with Crippen LogP contribution in [0.4, 0.5) is 27.5 Å². The van der Waals surface area contributed by atoms with Crippen molar-refractivity contribution < 1.29 is 17.6 Å². The van der Waals surface area contributed by atoms with E-state index < -0.39 is 27.7 Å². The molecule has 3 aliphatic rings. The van der Waals surface area contributed by atoms with Crippen molar-refractivity contribution in [3.63, 3.8) is 0 Å². The number of primary amides is 1. The highest BCUT2D eigenvalue weighted by Crippen LogP contribution is 2.45. The summed E-state index contributed by atoms with van der Waals surface area (Å²) < 4.78 is 40.4. The van der Waals surface area contributed by atoms with Gasteiger partial charge in [0.05, 0.1) is 17.9 Å². The first kappa shape index (κ1) is 30.9. The SMILES string of the molecule is CCS(=O)(=O)N1CCN(c2ccc(Nc3ncc(F)c(NC4[C@@H](C(N)=O)[C@@H]5C=C[C@H]4C5)n3)cc2C)CC1.Cl.Cl. The Hall–Kier alpha value is -2.67. The molecule has 4 N–H and O–H groups in total. The van der Waals surface area contributed by atoms with Crippen molar-refractivity contribution in [2.75, 3.05) is 47.5 Å². The van der Waals surface area contributed by atoms with Gasteiger partial charge in [0, 0.05) is 43.6 Å². The van der Waals surface area contributed by atoms with E-state index in [1.807, 2.05) is 37.3 Å². The van der Waals surface area contributed by atoms with Crippen LogP contribution in [-0.4, -0.2) is 66.6 Å². The van der Waals surface area contributed by atoms with Gasteiger partial charge in [-0.2, -0.15) is 9.29 Å². The Morgan fingerprint density at radius 3 is 2.49 bits per heavy atom. The number of rotatable bonds is 8. The lowest BCUT2D eigenvalue weighted by Gasteiger charge is -2.36. The quantitative estimate of drug-likeness (QED) is 0.393. The molecule has 2 bridgehead atoms. The number of amides is 1. The predicted octanol–water partition coefficient (Wildman–Crippen LogP) is 3.07. The molecule has 1 saturated heterocycles. The standard InChI is InChI=1S/C25H32FN7O3S.2ClH/c1-3-37(35,36)33-10-8-32(9-11-33)20-7-6-18(12-15(20)2)29-25-28-14-19(26)24(31-25)30-22-17-5-4-16(13-17)21(22)23(27)34;;/h4-7,12,14,16-17,21-22H,3,8-11,13H2,1-2H3,(H2,27,34)(H2,28,29,30,31);2*1H/t16-,17+,21+,22?;;/m1../s1. The summed E-state index contributed by atoms with van der Waals surface area (Å²) in [4.78, 5) is 22.6. The number of anilines is 4. The van der Waals surface area contributed by atoms with Crippen molar-refractivity contribution in [1.82, 2.24) is 14.3 Å². The Balaban J connectivity index is 0.00000210. The van der Waals surface area contributed by atoms with Crippen molar-refractivity contribution >= 4 is 63.9 Å². The highest BCUT2D eigenvalue weighted by molar-refractivity contribution is 7.89. The van der Waals surface area contributed by atoms with Crippen LogP contribution in [0.15, 0.2) is 36.5 Å². The third-order valence-electron chi connectivity index (χ3n) is 7.63. The first-order valence-electron chi connectivity index (χ1n) is 12.5. The zero-order chi connectivity index (χ0) is 26.3. The van der Waals surface area contributed by atoms with Gasteiger partial charge < -0.3 is 21.3 Å². The molecule has 0 radical (unpaired) electrons. The van der Waals surface area contributed by atoms with Crippen LogP contribution >= 0.6 is 24.8 Å². The molecule has 4 atom stereocenters. The van der Waals surface area contributed by atoms with Crippen LogP contribution in [0.1, 0.15) is 18.9 Å². The summed E-state index contributed by atoms with van der Waals surface area (Å²) in [5.41, 5.74) is 8.41. The minimum atomic E-state index is -3.18. The number of halogens is 3. The summed E-state index contributed by atoms with van der Waals surface area (Å²) in [6.45, 7) is 5.81. The van der Waals surface area contributed by atoms with E-state index >= 15 is 0 Å². The molecule has 2 heterocycles. The Labute approximate surface area is 240 Å². The fourth-order valence-corrected chi connectivity index (χ4v) is 6.78. The van der Waals surface area contributed by atoms with Crippen LogP contribution in [0.25, 0.3) is 0 Å². The molecule has 1 unspecified atom stereocenters. The van der Waals surface area contributed by atoms with Gasteiger partial charge in [0.2, 0.25) is 21.9 Å². The lowest BCUT2D eigenvalue weighted by atomic mass is 9.88. The number of sulfonamides is 1. The average Bonchev–Trinajstić information content (AvgIpc) is 3.48. The fraction of sp³-hybridized carbons (Fsp3) is 0.480. The van der Waals surface area contributed by atoms with E-state index in [4.69, 9.17) is 5.73 Å². The maximum absolute atomic E-state index is 14.6. The second-order valence-electron chi connectivity index (χ2n) is 9.85. The number of hydrogen-bond acceptors (Lipinski definition) is 8. The summed E-state index contributed by atoms with van der Waals surface area (Å²) in [6, 6.07) is 5.51. The number of carbonyl (C=O) groups excluding carboxylic acids is 1. The van der Waals surface area contributed by atoms with Crippen molar-refractivity contribution in [1.29, 1.82) is 0 Å². The van der Waals surface area contributed by atoms with Gasteiger partial charge >= 0.3 is 0 Å². The molecule has 1 aromatic carbocycles. The zero-order valence-corrected chi connectivity index (χ0v) is 24.2. The van der Waals surface area contributed by atoms with Gasteiger partial charge in [0.15, 0.2) is 11.6 Å². The van der Waals surface area contributed by atoms with Crippen LogP contribution in [-0.2, 0) is 14.8 Å². The number of nitrogens with two attached hydrogens (primary N) is 1. The Kier molecular flexibility index (Phi) is 9.69. The van der Waals surface area contributed by atoms with Gasteiger partial charge in [-0.15, -0.1) is 24.8 Å². The summed E-state index contributed by atoms with van der Waals surface area (Å²) in [5.74, 6) is -0.857. The Bertz CT molecular complexity index is 1340. The number of piperazine rings is 1. The number of nitrogens with one attached hydrogen (secondary N) is 2. The van der Waals surface area contributed by atoms with Crippen LogP contribution < -0.4 is 21.3 Å². The normalized spacial score (nSPS) is 24.1. The van der Waals surface area contributed by atoms with Crippen LogP contribution in [0.5, 0.6) is 0 Å². The second kappa shape index (κ2) is 12.2. The van der Waals surface area contributed by atoms with E-state index in [0.29, 0.717) is 26.2 Å². The van der Waals surface area contributed by atoms with Crippen LogP contribution in [0, 0.1) is 30.5 Å². The molecule has 2 fully saturated rings. The summed E-state index contributed by atoms with van der Waals surface area (Å²) >= 11 is 0. The molecular weight excluding hydrogens is 568 g/mol. The molecule has 5 rings (SSSR count). The molecule has 39 heavy (non-hydrogen) atoms. The molecule has 10 nitrogen and oxygen atoms in total. The van der Waals surface area contributed by atoms with Gasteiger partial charge in [-0.05, 0) is 55.9 Å². The van der Waals surface area contributed by atoms with E-state index in [1.54, 1.807) is 11.2 Å². The number of nitrogens with zero attached hydrogens (tertiary/aromatic N) is 4. The summed E-state index contributed by atoms with van der Waals surface area (Å²) in [7, 11) is -3.18. The van der Waals surface area contributed by atoms with Gasteiger partial charge in [0.25, 0.3) is 0 Å². The number of aromatic nitrogens is 2. The zero-order valence-electron chi connectivity index (χ0n) is 21.7. The third-order valence-corrected chi connectivity index (χ3v) is 9.51. The number of hydrogen-bond donors (Lipinski definition) is 3. The first-order chi connectivity index (χ1) is 17.7. The molecule has 1 saturated carbocycles. The minimum Gasteiger partial charge on any atom is -0.369 e. The van der Waals surface area contributed by atoms with Crippen molar-refractivity contribution in [3.8, 4) is 0 Å². The van der Waals surface area contributed by atoms with Crippen molar-refractivity contribution in [2.24, 2.45) is 23.5 Å². The highest BCUT2D eigenvalue weighted by Gasteiger charge is 2.47. The van der Waals surface area contributed by atoms with Gasteiger partial charge in [-0.25, -0.2) is 17.8 Å². The first-order valence-corrected chi connectivity index (χ1v) is 14.1. The fourth-order valence-electron chi connectivity index (χ4n) is 5.70. The monoisotopic (exact) mass is 601 g/mol. The number of aryl methyl sites for hydroxylation is 1. The molecule has 1 amide bonds. The molecule has 2 aliphatic carbocycles. The van der Waals surface area contributed by atoms with E-state index in [-0.39, 0.29) is 60.2 Å². The maximum atomic E-state index is 14.6. The molecule has 2 aromatic rings. The summed E-state index contributed by atoms with van der Waals surface area (Å²) in [6.07, 6.45) is 5.98. The van der Waals surface area contributed by atoms with Crippen molar-refractivity contribution in [2.45, 2.75) is 26.3 Å². The molecule has 1 aliphatic heterocycles. The van der Waals surface area contributed by atoms with Gasteiger partial charge in [-0.3, -0.25) is 4.79 Å². The number of fused-ring (bicyclic) bond motifs is 2. The van der Waals surface area contributed by atoms with E-state index in [0.717, 1.165) is 29.6 Å². The lowest BCUT2D eigenvalue weighted by molar-refractivity contribution is -0.122. The van der Waals surface area contributed by atoms with Gasteiger partial charge in [0.1, 0.15) is 0 Å². The number of carbonyl (C=O) groups is 1. The Morgan fingerprint density at radius 1 is 1.15 bits per heavy atom. The largest absolute Gasteiger partial charge is 0.369 e. The average molecular weight is 603 g/mol. The lowest BCUT2D eigenvalue weighted by Crippen LogP contribution is -2.49. The number of allylic oxidation sites excluding steroid dienone is 1. The topological polar surface area (TPSA) is 134 Å². The highest BCUT2D eigenvalue weighted by atomic mass is 35.5. The third kappa shape index (κ3) is 6.24. The molecule has 0 spiro atoms.